The highest BCUT2D eigenvalue weighted by molar-refractivity contribution is 9.10. The fourth-order valence-corrected chi connectivity index (χ4v) is 2.88. The van der Waals surface area contributed by atoms with Crippen molar-refractivity contribution in [3.63, 3.8) is 0 Å². The van der Waals surface area contributed by atoms with Crippen LogP contribution in [0.15, 0.2) is 45.3 Å². The molecule has 1 atom stereocenters. The summed E-state index contributed by atoms with van der Waals surface area (Å²) in [6, 6.07) is 8.88. The molecular formula is C14H10Br2F2O. The molecule has 0 aliphatic heterocycles. The van der Waals surface area contributed by atoms with Crippen LogP contribution >= 0.6 is 31.9 Å². The maximum Gasteiger partial charge on any atom is 0.137 e. The number of hydrogen-bond acceptors (Lipinski definition) is 1. The van der Waals surface area contributed by atoms with Crippen LogP contribution < -0.4 is 0 Å². The predicted octanol–water partition coefficient (Wildman–Crippen LogP) is 4.77. The third-order valence-electron chi connectivity index (χ3n) is 2.69. The van der Waals surface area contributed by atoms with Gasteiger partial charge in [-0.05, 0) is 51.3 Å². The third kappa shape index (κ3) is 3.61. The first-order chi connectivity index (χ1) is 8.97. The number of benzene rings is 2. The van der Waals surface area contributed by atoms with E-state index in [-0.39, 0.29) is 16.7 Å². The first-order valence-corrected chi connectivity index (χ1v) is 7.13. The van der Waals surface area contributed by atoms with E-state index >= 15 is 0 Å². The zero-order valence-corrected chi connectivity index (χ0v) is 12.9. The van der Waals surface area contributed by atoms with Crippen LogP contribution in [-0.2, 0) is 6.42 Å². The van der Waals surface area contributed by atoms with Crippen molar-refractivity contribution in [3.8, 4) is 0 Å². The molecule has 0 spiro atoms. The maximum absolute atomic E-state index is 13.4. The Labute approximate surface area is 126 Å². The summed E-state index contributed by atoms with van der Waals surface area (Å²) >= 11 is 6.30. The molecule has 1 nitrogen and oxygen atoms in total. The van der Waals surface area contributed by atoms with Crippen LogP contribution in [0.1, 0.15) is 17.2 Å². The molecule has 0 saturated heterocycles. The van der Waals surface area contributed by atoms with Gasteiger partial charge in [0.1, 0.15) is 11.6 Å². The van der Waals surface area contributed by atoms with Gasteiger partial charge in [0, 0.05) is 10.9 Å². The predicted molar refractivity (Wildman–Crippen MR) is 76.9 cm³/mol. The highest BCUT2D eigenvalue weighted by Crippen LogP contribution is 2.29. The molecule has 5 heteroatoms. The van der Waals surface area contributed by atoms with Gasteiger partial charge in [-0.1, -0.05) is 28.1 Å². The van der Waals surface area contributed by atoms with E-state index in [1.165, 1.54) is 24.3 Å². The fraction of sp³-hybridized carbons (Fsp3) is 0.143. The summed E-state index contributed by atoms with van der Waals surface area (Å²) in [5, 5.41) is 10.1. The van der Waals surface area contributed by atoms with Gasteiger partial charge in [-0.25, -0.2) is 8.78 Å². The van der Waals surface area contributed by atoms with E-state index in [4.69, 9.17) is 0 Å². The Bertz CT molecular complexity index is 582. The van der Waals surface area contributed by atoms with Gasteiger partial charge >= 0.3 is 0 Å². The Kier molecular flexibility index (Phi) is 4.71. The van der Waals surface area contributed by atoms with E-state index in [9.17, 15) is 13.9 Å². The molecule has 19 heavy (non-hydrogen) atoms. The molecule has 0 fully saturated rings. The number of rotatable bonds is 3. The first-order valence-electron chi connectivity index (χ1n) is 5.54. The number of hydrogen-bond donors (Lipinski definition) is 1. The third-order valence-corrected chi connectivity index (χ3v) is 3.99. The van der Waals surface area contributed by atoms with E-state index in [2.05, 4.69) is 31.9 Å². The second-order valence-electron chi connectivity index (χ2n) is 4.14. The van der Waals surface area contributed by atoms with Crippen LogP contribution in [0.4, 0.5) is 8.78 Å². The van der Waals surface area contributed by atoms with Crippen LogP contribution in [0.25, 0.3) is 0 Å². The van der Waals surface area contributed by atoms with E-state index < -0.39 is 11.9 Å². The topological polar surface area (TPSA) is 20.2 Å². The molecule has 1 N–H and O–H groups in total. The minimum atomic E-state index is -0.904. The average molecular weight is 392 g/mol. The van der Waals surface area contributed by atoms with Gasteiger partial charge in [0.15, 0.2) is 0 Å². The summed E-state index contributed by atoms with van der Waals surface area (Å²) in [4.78, 5) is 0. The van der Waals surface area contributed by atoms with Crippen LogP contribution in [0.3, 0.4) is 0 Å². The molecule has 100 valence electrons. The van der Waals surface area contributed by atoms with Crippen molar-refractivity contribution in [1.29, 1.82) is 0 Å². The molecule has 0 amide bonds. The summed E-state index contributed by atoms with van der Waals surface area (Å²) in [5.74, 6) is -0.813. The Morgan fingerprint density at radius 2 is 1.84 bits per heavy atom. The quantitative estimate of drug-likeness (QED) is 0.799. The summed E-state index contributed by atoms with van der Waals surface area (Å²) in [5.41, 5.74) is 1.08. The molecule has 2 aromatic carbocycles. The van der Waals surface area contributed by atoms with Crippen molar-refractivity contribution in [2.45, 2.75) is 12.5 Å². The monoisotopic (exact) mass is 390 g/mol. The maximum atomic E-state index is 13.4. The van der Waals surface area contributed by atoms with Gasteiger partial charge in [-0.2, -0.15) is 0 Å². The molecule has 0 aromatic heterocycles. The minimum Gasteiger partial charge on any atom is -0.388 e. The lowest BCUT2D eigenvalue weighted by Gasteiger charge is -2.13. The summed E-state index contributed by atoms with van der Waals surface area (Å²) < 4.78 is 27.5. The summed E-state index contributed by atoms with van der Waals surface area (Å²) in [6.07, 6.45) is -0.697. The smallest absolute Gasteiger partial charge is 0.137 e. The van der Waals surface area contributed by atoms with Gasteiger partial charge in [0.25, 0.3) is 0 Å². The molecule has 0 bridgehead atoms. The van der Waals surface area contributed by atoms with Crippen LogP contribution in [0, 0.1) is 11.6 Å². The number of aliphatic hydroxyl groups is 1. The SMILES string of the molecule is OC(Cc1cc(F)cc(Br)c1)c1cccc(F)c1Br. The zero-order valence-electron chi connectivity index (χ0n) is 9.71. The fourth-order valence-electron chi connectivity index (χ4n) is 1.84. The Balaban J connectivity index is 2.25. The van der Waals surface area contributed by atoms with Gasteiger partial charge in [-0.3, -0.25) is 0 Å². The molecule has 0 aliphatic carbocycles. The number of halogens is 4. The lowest BCUT2D eigenvalue weighted by atomic mass is 10.0. The van der Waals surface area contributed by atoms with E-state index in [1.807, 2.05) is 0 Å². The molecule has 0 heterocycles. The summed E-state index contributed by atoms with van der Waals surface area (Å²) in [7, 11) is 0. The molecule has 1 unspecified atom stereocenters. The Morgan fingerprint density at radius 1 is 1.11 bits per heavy atom. The highest BCUT2D eigenvalue weighted by atomic mass is 79.9. The Morgan fingerprint density at radius 3 is 2.53 bits per heavy atom. The van der Waals surface area contributed by atoms with Crippen molar-refractivity contribution in [2.24, 2.45) is 0 Å². The second-order valence-corrected chi connectivity index (χ2v) is 5.85. The van der Waals surface area contributed by atoms with Gasteiger partial charge < -0.3 is 5.11 Å². The van der Waals surface area contributed by atoms with Gasteiger partial charge in [-0.15, -0.1) is 0 Å². The molecule has 0 radical (unpaired) electrons. The van der Waals surface area contributed by atoms with Gasteiger partial charge in [0.2, 0.25) is 0 Å². The molecule has 2 aromatic rings. The minimum absolute atomic E-state index is 0.207. The lowest BCUT2D eigenvalue weighted by Crippen LogP contribution is -2.04. The highest BCUT2D eigenvalue weighted by Gasteiger charge is 2.15. The van der Waals surface area contributed by atoms with Crippen molar-refractivity contribution in [2.75, 3.05) is 0 Å². The van der Waals surface area contributed by atoms with Crippen molar-refractivity contribution < 1.29 is 13.9 Å². The lowest BCUT2D eigenvalue weighted by molar-refractivity contribution is 0.177. The molecule has 0 saturated carbocycles. The number of aliphatic hydroxyl groups excluding tert-OH is 1. The van der Waals surface area contributed by atoms with E-state index in [1.54, 1.807) is 12.1 Å². The molecule has 2 rings (SSSR count). The van der Waals surface area contributed by atoms with Crippen LogP contribution in [0.5, 0.6) is 0 Å². The van der Waals surface area contributed by atoms with Gasteiger partial charge in [0.05, 0.1) is 10.6 Å². The Hall–Kier alpha value is -0.780. The largest absolute Gasteiger partial charge is 0.388 e. The molecular weight excluding hydrogens is 382 g/mol. The van der Waals surface area contributed by atoms with E-state index in [0.717, 1.165) is 0 Å². The normalized spacial score (nSPS) is 12.5. The first kappa shape index (κ1) is 14.6. The van der Waals surface area contributed by atoms with Crippen LogP contribution in [0.2, 0.25) is 0 Å². The second kappa shape index (κ2) is 6.11. The zero-order chi connectivity index (χ0) is 14.0. The van der Waals surface area contributed by atoms with E-state index in [0.29, 0.717) is 15.6 Å². The summed E-state index contributed by atoms with van der Waals surface area (Å²) in [6.45, 7) is 0. The van der Waals surface area contributed by atoms with Crippen LogP contribution in [-0.4, -0.2) is 5.11 Å². The van der Waals surface area contributed by atoms with Crippen molar-refractivity contribution in [1.82, 2.24) is 0 Å². The standard InChI is InChI=1S/C14H10Br2F2O/c15-9-4-8(5-10(17)7-9)6-13(19)11-2-1-3-12(18)14(11)16/h1-5,7,13,19H,6H2. The van der Waals surface area contributed by atoms with Crippen molar-refractivity contribution >= 4 is 31.9 Å². The van der Waals surface area contributed by atoms with Crippen molar-refractivity contribution in [3.05, 3.63) is 68.1 Å². The average Bonchev–Trinajstić information content (AvgIpc) is 2.31. The molecule has 0 aliphatic rings.